The Bertz CT molecular complexity index is 498. The number of anilines is 1. The molecule has 0 saturated heterocycles. The third-order valence-electron chi connectivity index (χ3n) is 2.12. The largest absolute Gasteiger partial charge is 0.456 e. The van der Waals surface area contributed by atoms with Crippen molar-refractivity contribution in [2.45, 2.75) is 13.8 Å². The van der Waals surface area contributed by atoms with Crippen LogP contribution in [0.3, 0.4) is 0 Å². The fourth-order valence-corrected chi connectivity index (χ4v) is 1.31. The minimum Gasteiger partial charge on any atom is -0.456 e. The quantitative estimate of drug-likeness (QED) is 0.496. The maximum absolute atomic E-state index is 11.4. The van der Waals surface area contributed by atoms with Crippen molar-refractivity contribution in [3.63, 3.8) is 0 Å². The van der Waals surface area contributed by atoms with Gasteiger partial charge in [-0.05, 0) is 12.5 Å². The third kappa shape index (κ3) is 3.55. The number of aryl methyl sites for hydroxylation is 1. The Morgan fingerprint density at radius 2 is 2.11 bits per heavy atom. The normalized spacial score (nSPS) is 9.67. The van der Waals surface area contributed by atoms with Crippen LogP contribution in [0.1, 0.15) is 12.5 Å². The zero-order chi connectivity index (χ0) is 13.7. The average Bonchev–Trinajstić information content (AvgIpc) is 2.28. The summed E-state index contributed by atoms with van der Waals surface area (Å²) in [7, 11) is 0. The van der Waals surface area contributed by atoms with Crippen LogP contribution in [0.4, 0.5) is 11.4 Å². The van der Waals surface area contributed by atoms with Crippen LogP contribution in [0.25, 0.3) is 0 Å². The topological polar surface area (TPSA) is 98.5 Å². The maximum atomic E-state index is 11.4. The summed E-state index contributed by atoms with van der Waals surface area (Å²) in [5, 5.41) is 13.1. The number of esters is 1. The molecule has 7 heteroatoms. The average molecular weight is 252 g/mol. The SMILES string of the molecule is CC(=O)OCC(=O)Nc1c(C)cccc1[N+](=O)[O-]. The summed E-state index contributed by atoms with van der Waals surface area (Å²) in [4.78, 5) is 32.2. The van der Waals surface area contributed by atoms with Crippen LogP contribution >= 0.6 is 0 Å². The van der Waals surface area contributed by atoms with Crippen molar-refractivity contribution in [2.24, 2.45) is 0 Å². The predicted molar refractivity (Wildman–Crippen MR) is 63.1 cm³/mol. The molecule has 0 aliphatic rings. The van der Waals surface area contributed by atoms with E-state index in [0.29, 0.717) is 5.56 Å². The van der Waals surface area contributed by atoms with E-state index < -0.39 is 23.4 Å². The van der Waals surface area contributed by atoms with E-state index in [2.05, 4.69) is 10.1 Å². The number of nitro groups is 1. The molecule has 0 unspecified atom stereocenters. The highest BCUT2D eigenvalue weighted by Crippen LogP contribution is 2.27. The van der Waals surface area contributed by atoms with E-state index in [1.54, 1.807) is 13.0 Å². The zero-order valence-electron chi connectivity index (χ0n) is 9.93. The maximum Gasteiger partial charge on any atom is 0.303 e. The number of rotatable bonds is 4. The van der Waals surface area contributed by atoms with Crippen molar-refractivity contribution in [3.8, 4) is 0 Å². The van der Waals surface area contributed by atoms with Crippen molar-refractivity contribution in [1.82, 2.24) is 0 Å². The Balaban J connectivity index is 2.86. The van der Waals surface area contributed by atoms with Crippen molar-refractivity contribution in [1.29, 1.82) is 0 Å². The van der Waals surface area contributed by atoms with Gasteiger partial charge in [0.2, 0.25) is 0 Å². The van der Waals surface area contributed by atoms with Gasteiger partial charge in [0, 0.05) is 13.0 Å². The van der Waals surface area contributed by atoms with E-state index in [-0.39, 0.29) is 11.4 Å². The summed E-state index contributed by atoms with van der Waals surface area (Å²) < 4.78 is 4.50. The van der Waals surface area contributed by atoms with Crippen LogP contribution in [0.5, 0.6) is 0 Å². The summed E-state index contributed by atoms with van der Waals surface area (Å²) >= 11 is 0. The molecule has 0 aliphatic heterocycles. The Hall–Kier alpha value is -2.44. The number of nitrogens with zero attached hydrogens (tertiary/aromatic N) is 1. The van der Waals surface area contributed by atoms with Crippen LogP contribution in [0, 0.1) is 17.0 Å². The number of benzene rings is 1. The number of carbonyl (C=O) groups excluding carboxylic acids is 2. The Morgan fingerprint density at radius 1 is 1.44 bits per heavy atom. The molecule has 18 heavy (non-hydrogen) atoms. The molecule has 1 rings (SSSR count). The molecule has 0 radical (unpaired) electrons. The minimum atomic E-state index is -0.623. The molecule has 0 aromatic heterocycles. The number of carbonyl (C=O) groups is 2. The van der Waals surface area contributed by atoms with Crippen LogP contribution in [0.15, 0.2) is 18.2 Å². The molecular weight excluding hydrogens is 240 g/mol. The van der Waals surface area contributed by atoms with Gasteiger partial charge in [-0.25, -0.2) is 0 Å². The molecule has 1 aromatic carbocycles. The Morgan fingerprint density at radius 3 is 2.67 bits per heavy atom. The molecule has 0 atom stereocenters. The van der Waals surface area contributed by atoms with Crippen LogP contribution in [0.2, 0.25) is 0 Å². The molecule has 1 N–H and O–H groups in total. The lowest BCUT2D eigenvalue weighted by Crippen LogP contribution is -2.20. The highest BCUT2D eigenvalue weighted by molar-refractivity contribution is 5.95. The monoisotopic (exact) mass is 252 g/mol. The number of nitro benzene ring substituents is 1. The highest BCUT2D eigenvalue weighted by atomic mass is 16.6. The lowest BCUT2D eigenvalue weighted by Gasteiger charge is -2.08. The summed E-state index contributed by atoms with van der Waals surface area (Å²) in [6.07, 6.45) is 0. The molecule has 0 heterocycles. The second-order valence-electron chi connectivity index (χ2n) is 3.55. The Kier molecular flexibility index (Phi) is 4.36. The first-order chi connectivity index (χ1) is 8.41. The van der Waals surface area contributed by atoms with E-state index in [4.69, 9.17) is 0 Å². The molecule has 1 amide bonds. The molecule has 0 saturated carbocycles. The van der Waals surface area contributed by atoms with E-state index in [1.807, 2.05) is 0 Å². The first kappa shape index (κ1) is 13.6. The number of ether oxygens (including phenoxy) is 1. The molecule has 0 spiro atoms. The number of amides is 1. The summed E-state index contributed by atoms with van der Waals surface area (Å²) in [6.45, 7) is 2.33. The summed E-state index contributed by atoms with van der Waals surface area (Å²) in [5.41, 5.74) is 0.464. The van der Waals surface area contributed by atoms with E-state index in [0.717, 1.165) is 0 Å². The number of nitrogens with one attached hydrogen (secondary N) is 1. The summed E-state index contributed by atoms with van der Waals surface area (Å²) in [5.74, 6) is -1.22. The van der Waals surface area contributed by atoms with E-state index in [9.17, 15) is 19.7 Å². The first-order valence-electron chi connectivity index (χ1n) is 5.09. The van der Waals surface area contributed by atoms with Crippen molar-refractivity contribution in [3.05, 3.63) is 33.9 Å². The zero-order valence-corrected chi connectivity index (χ0v) is 9.93. The standard InChI is InChI=1S/C11H12N2O5/c1-7-4-3-5-9(13(16)17)11(7)12-10(15)6-18-8(2)14/h3-5H,6H2,1-2H3,(H,12,15). The van der Waals surface area contributed by atoms with Crippen LogP contribution in [-0.2, 0) is 14.3 Å². The smallest absolute Gasteiger partial charge is 0.303 e. The van der Waals surface area contributed by atoms with Gasteiger partial charge in [-0.2, -0.15) is 0 Å². The number of hydrogen-bond acceptors (Lipinski definition) is 5. The van der Waals surface area contributed by atoms with Crippen molar-refractivity contribution < 1.29 is 19.2 Å². The lowest BCUT2D eigenvalue weighted by atomic mass is 10.1. The van der Waals surface area contributed by atoms with Gasteiger partial charge >= 0.3 is 5.97 Å². The molecular formula is C11H12N2O5. The molecule has 0 aliphatic carbocycles. The Labute approximate surface area is 103 Å². The fraction of sp³-hybridized carbons (Fsp3) is 0.273. The molecule has 96 valence electrons. The molecule has 7 nitrogen and oxygen atoms in total. The van der Waals surface area contributed by atoms with Gasteiger partial charge in [-0.3, -0.25) is 19.7 Å². The minimum absolute atomic E-state index is 0.111. The highest BCUT2D eigenvalue weighted by Gasteiger charge is 2.17. The van der Waals surface area contributed by atoms with Gasteiger partial charge in [-0.15, -0.1) is 0 Å². The second kappa shape index (κ2) is 5.76. The number of para-hydroxylation sites is 1. The third-order valence-corrected chi connectivity index (χ3v) is 2.12. The van der Waals surface area contributed by atoms with E-state index >= 15 is 0 Å². The lowest BCUT2D eigenvalue weighted by molar-refractivity contribution is -0.384. The van der Waals surface area contributed by atoms with Gasteiger partial charge in [0.25, 0.3) is 11.6 Å². The molecule has 0 fully saturated rings. The second-order valence-corrected chi connectivity index (χ2v) is 3.55. The summed E-state index contributed by atoms with van der Waals surface area (Å²) in [6, 6.07) is 4.44. The van der Waals surface area contributed by atoms with Gasteiger partial charge < -0.3 is 10.1 Å². The fourth-order valence-electron chi connectivity index (χ4n) is 1.31. The van der Waals surface area contributed by atoms with Gasteiger partial charge in [0.15, 0.2) is 6.61 Å². The predicted octanol–water partition coefficient (Wildman–Crippen LogP) is 1.40. The van der Waals surface area contributed by atoms with Crippen molar-refractivity contribution >= 4 is 23.3 Å². The van der Waals surface area contributed by atoms with E-state index in [1.165, 1.54) is 19.1 Å². The van der Waals surface area contributed by atoms with Gasteiger partial charge in [0.1, 0.15) is 5.69 Å². The molecule has 0 bridgehead atoms. The number of hydrogen-bond donors (Lipinski definition) is 1. The van der Waals surface area contributed by atoms with Crippen molar-refractivity contribution in [2.75, 3.05) is 11.9 Å². The molecule has 1 aromatic rings. The first-order valence-corrected chi connectivity index (χ1v) is 5.09. The van der Waals surface area contributed by atoms with Crippen LogP contribution < -0.4 is 5.32 Å². The van der Waals surface area contributed by atoms with Crippen LogP contribution in [-0.4, -0.2) is 23.4 Å². The van der Waals surface area contributed by atoms with Gasteiger partial charge in [-0.1, -0.05) is 12.1 Å². The van der Waals surface area contributed by atoms with Gasteiger partial charge in [0.05, 0.1) is 4.92 Å².